The lowest BCUT2D eigenvalue weighted by Crippen LogP contribution is -2.55. The standard InChI is InChI=1S/C28H40N3O7P/c32-25-24-15-8-16-31(24)26(33)23(29-27(34)38-21-11-6-7-12-21)14-5-3-1-2-4-10-20-18-28(20,30-25)39(35,36)19-22-13-9-17-37-22/h4,9-10,13,17,20-21,23-24H,1-3,5-8,11-12,14-16,18-19H2,(H,29,34)(H,30,32)(H,35,36)/b10-4-/t20-,23+,24+,28+/m1/s1. The van der Waals surface area contributed by atoms with Gasteiger partial charge in [-0.3, -0.25) is 14.2 Å². The normalized spacial score (nSPS) is 32.6. The second-order valence-electron chi connectivity index (χ2n) is 11.4. The number of hydrogen-bond acceptors (Lipinski definition) is 6. The minimum absolute atomic E-state index is 0.113. The van der Waals surface area contributed by atoms with Crippen LogP contribution in [0.25, 0.3) is 0 Å². The highest BCUT2D eigenvalue weighted by atomic mass is 31.2. The third-order valence-electron chi connectivity index (χ3n) is 8.63. The van der Waals surface area contributed by atoms with Gasteiger partial charge >= 0.3 is 6.09 Å². The zero-order valence-corrected chi connectivity index (χ0v) is 23.3. The number of rotatable bonds is 5. The highest BCUT2D eigenvalue weighted by Crippen LogP contribution is 2.71. The maximum atomic E-state index is 13.7. The van der Waals surface area contributed by atoms with E-state index >= 15 is 0 Å². The smallest absolute Gasteiger partial charge is 0.408 e. The van der Waals surface area contributed by atoms with Crippen molar-refractivity contribution in [2.75, 3.05) is 6.54 Å². The first-order valence-corrected chi connectivity index (χ1v) is 16.2. The molecular formula is C28H40N3O7P. The van der Waals surface area contributed by atoms with Gasteiger partial charge in [0.05, 0.1) is 12.4 Å². The number of alkyl carbamates (subject to hydrolysis) is 1. The number of hydrogen-bond donors (Lipinski definition) is 3. The molecule has 214 valence electrons. The van der Waals surface area contributed by atoms with Crippen LogP contribution in [-0.2, 0) is 25.1 Å². The lowest BCUT2D eigenvalue weighted by Gasteiger charge is -2.31. The topological polar surface area (TPSA) is 138 Å². The molecule has 10 nitrogen and oxygen atoms in total. The molecule has 1 aromatic rings. The first-order chi connectivity index (χ1) is 18.8. The summed E-state index contributed by atoms with van der Waals surface area (Å²) in [5, 5.41) is 4.45. The van der Waals surface area contributed by atoms with Crippen LogP contribution >= 0.6 is 7.37 Å². The molecule has 39 heavy (non-hydrogen) atoms. The fourth-order valence-electron chi connectivity index (χ4n) is 6.33. The summed E-state index contributed by atoms with van der Waals surface area (Å²) in [6.07, 6.45) is 13.5. The summed E-state index contributed by atoms with van der Waals surface area (Å²) >= 11 is 0. The molecule has 2 aliphatic heterocycles. The third kappa shape index (κ3) is 6.27. The summed E-state index contributed by atoms with van der Waals surface area (Å²) < 4.78 is 24.6. The Hall–Kier alpha value is -2.58. The van der Waals surface area contributed by atoms with Crippen molar-refractivity contribution >= 4 is 25.3 Å². The molecule has 1 saturated heterocycles. The van der Waals surface area contributed by atoms with Gasteiger partial charge in [-0.1, -0.05) is 25.0 Å². The lowest BCUT2D eigenvalue weighted by atomic mass is 10.1. The van der Waals surface area contributed by atoms with Gasteiger partial charge in [0.1, 0.15) is 29.2 Å². The van der Waals surface area contributed by atoms with Crippen molar-refractivity contribution in [3.05, 3.63) is 36.3 Å². The van der Waals surface area contributed by atoms with Crippen molar-refractivity contribution in [2.45, 2.75) is 107 Å². The molecule has 0 radical (unpaired) electrons. The molecule has 3 N–H and O–H groups in total. The second-order valence-corrected chi connectivity index (χ2v) is 13.9. The van der Waals surface area contributed by atoms with E-state index in [0.29, 0.717) is 38.0 Å². The van der Waals surface area contributed by atoms with Crippen LogP contribution in [0.1, 0.15) is 82.8 Å². The first kappa shape index (κ1) is 28.0. The molecule has 2 aliphatic carbocycles. The lowest BCUT2D eigenvalue weighted by molar-refractivity contribution is -0.140. The van der Waals surface area contributed by atoms with Gasteiger partial charge in [0, 0.05) is 12.5 Å². The van der Waals surface area contributed by atoms with Gasteiger partial charge < -0.3 is 29.6 Å². The molecule has 2 saturated carbocycles. The number of nitrogens with one attached hydrogen (secondary N) is 2. The molecule has 0 aromatic carbocycles. The van der Waals surface area contributed by atoms with Gasteiger partial charge in [0.15, 0.2) is 0 Å². The number of amides is 3. The van der Waals surface area contributed by atoms with E-state index in [2.05, 4.69) is 10.6 Å². The maximum Gasteiger partial charge on any atom is 0.408 e. The highest BCUT2D eigenvalue weighted by Gasteiger charge is 2.66. The van der Waals surface area contributed by atoms with E-state index in [9.17, 15) is 23.8 Å². The van der Waals surface area contributed by atoms with Crippen LogP contribution in [0.4, 0.5) is 4.79 Å². The average molecular weight is 562 g/mol. The van der Waals surface area contributed by atoms with Crippen LogP contribution in [-0.4, -0.2) is 57.7 Å². The zero-order valence-electron chi connectivity index (χ0n) is 22.4. The summed E-state index contributed by atoms with van der Waals surface area (Å²) in [6.45, 7) is 0.395. The van der Waals surface area contributed by atoms with E-state index in [0.717, 1.165) is 51.4 Å². The molecule has 4 aliphatic rings. The van der Waals surface area contributed by atoms with Crippen molar-refractivity contribution in [1.82, 2.24) is 15.5 Å². The Morgan fingerprint density at radius 2 is 1.95 bits per heavy atom. The van der Waals surface area contributed by atoms with Crippen molar-refractivity contribution in [1.29, 1.82) is 0 Å². The Morgan fingerprint density at radius 3 is 2.72 bits per heavy atom. The molecule has 0 bridgehead atoms. The van der Waals surface area contributed by atoms with Crippen molar-refractivity contribution in [3.8, 4) is 0 Å². The summed E-state index contributed by atoms with van der Waals surface area (Å²) in [6, 6.07) is 1.79. The first-order valence-electron chi connectivity index (χ1n) is 14.4. The fraction of sp³-hybridized carbons (Fsp3) is 0.679. The number of nitrogens with zero attached hydrogens (tertiary/aromatic N) is 1. The fourth-order valence-corrected chi connectivity index (χ4v) is 8.59. The van der Waals surface area contributed by atoms with Crippen LogP contribution in [0.3, 0.4) is 0 Å². The monoisotopic (exact) mass is 561 g/mol. The Balaban J connectivity index is 1.34. The van der Waals surface area contributed by atoms with E-state index in [1.54, 1.807) is 12.1 Å². The van der Waals surface area contributed by atoms with Gasteiger partial charge in [-0.15, -0.1) is 0 Å². The van der Waals surface area contributed by atoms with E-state index in [1.165, 1.54) is 11.2 Å². The minimum atomic E-state index is -3.92. The van der Waals surface area contributed by atoms with Crippen molar-refractivity contribution < 1.29 is 33.0 Å². The molecule has 1 aromatic heterocycles. The molecule has 11 heteroatoms. The molecule has 5 rings (SSSR count). The van der Waals surface area contributed by atoms with E-state index in [1.807, 2.05) is 12.2 Å². The molecular weight excluding hydrogens is 521 g/mol. The minimum Gasteiger partial charge on any atom is -0.469 e. The van der Waals surface area contributed by atoms with Gasteiger partial charge in [-0.05, 0) is 76.3 Å². The predicted octanol–water partition coefficient (Wildman–Crippen LogP) is 4.43. The number of ether oxygens (including phenoxy) is 1. The van der Waals surface area contributed by atoms with Gasteiger partial charge in [-0.25, -0.2) is 4.79 Å². The molecule has 3 amide bonds. The van der Waals surface area contributed by atoms with Crippen LogP contribution in [0.2, 0.25) is 0 Å². The quantitative estimate of drug-likeness (QED) is 0.357. The summed E-state index contributed by atoms with van der Waals surface area (Å²) in [4.78, 5) is 52.8. The van der Waals surface area contributed by atoms with E-state index in [-0.39, 0.29) is 24.1 Å². The average Bonchev–Trinajstić information content (AvgIpc) is 3.41. The molecule has 0 spiro atoms. The predicted molar refractivity (Wildman–Crippen MR) is 144 cm³/mol. The molecule has 3 fully saturated rings. The summed E-state index contributed by atoms with van der Waals surface area (Å²) in [5.41, 5.74) is 0. The van der Waals surface area contributed by atoms with E-state index in [4.69, 9.17) is 9.15 Å². The Labute approximate surface area is 229 Å². The number of carbonyl (C=O) groups is 3. The Morgan fingerprint density at radius 1 is 1.15 bits per heavy atom. The molecule has 5 atom stereocenters. The Kier molecular flexibility index (Phi) is 8.52. The molecule has 3 heterocycles. The molecule has 1 unspecified atom stereocenters. The van der Waals surface area contributed by atoms with Crippen molar-refractivity contribution in [2.24, 2.45) is 5.92 Å². The number of fused-ring (bicyclic) bond motifs is 2. The van der Waals surface area contributed by atoms with Gasteiger partial charge in [-0.2, -0.15) is 0 Å². The Bertz CT molecular complexity index is 1120. The van der Waals surface area contributed by atoms with E-state index < -0.39 is 36.7 Å². The van der Waals surface area contributed by atoms with Gasteiger partial charge in [0.2, 0.25) is 19.2 Å². The zero-order chi connectivity index (χ0) is 27.5. The van der Waals surface area contributed by atoms with Crippen LogP contribution in [0.15, 0.2) is 35.0 Å². The third-order valence-corrected chi connectivity index (χ3v) is 11.2. The van der Waals surface area contributed by atoms with Crippen LogP contribution in [0, 0.1) is 5.92 Å². The van der Waals surface area contributed by atoms with Crippen LogP contribution in [0.5, 0.6) is 0 Å². The maximum absolute atomic E-state index is 13.7. The summed E-state index contributed by atoms with van der Waals surface area (Å²) in [5.74, 6) is -0.588. The SMILES string of the molecule is O=C(N[C@H]1CCCCC/C=C\[C@@H]2C[C@@]2(P(=O)(O)Cc2ccco2)NC(=O)[C@@H]2CCCN2C1=O)OC1CCCC1. The summed E-state index contributed by atoms with van der Waals surface area (Å²) in [7, 11) is -3.92. The largest absolute Gasteiger partial charge is 0.469 e. The number of allylic oxidation sites excluding steroid dienone is 1. The highest BCUT2D eigenvalue weighted by molar-refractivity contribution is 7.59. The van der Waals surface area contributed by atoms with Crippen LogP contribution < -0.4 is 10.6 Å². The van der Waals surface area contributed by atoms with Gasteiger partial charge in [0.25, 0.3) is 0 Å². The second kappa shape index (κ2) is 11.9. The number of carbonyl (C=O) groups excluding carboxylic acids is 3. The van der Waals surface area contributed by atoms with Crippen molar-refractivity contribution in [3.63, 3.8) is 0 Å². The number of furan rings is 1.